The van der Waals surface area contributed by atoms with Gasteiger partial charge in [-0.2, -0.15) is 0 Å². The number of benzene rings is 2. The van der Waals surface area contributed by atoms with Crippen molar-refractivity contribution in [3.8, 4) is 0 Å². The molecule has 4 rings (SSSR count). The predicted octanol–water partition coefficient (Wildman–Crippen LogP) is 6.72. The third-order valence-electron chi connectivity index (χ3n) is 6.09. The molecular formula is C22H28. The molecular weight excluding hydrogens is 264 g/mol. The van der Waals surface area contributed by atoms with Gasteiger partial charge in [0.25, 0.3) is 0 Å². The van der Waals surface area contributed by atoms with Crippen molar-refractivity contribution in [3.63, 3.8) is 0 Å². The van der Waals surface area contributed by atoms with Crippen LogP contribution in [0, 0.1) is 0 Å². The summed E-state index contributed by atoms with van der Waals surface area (Å²) in [5, 5.41) is 3.11. The van der Waals surface area contributed by atoms with Crippen LogP contribution >= 0.6 is 0 Å². The molecule has 0 saturated heterocycles. The molecule has 0 N–H and O–H groups in total. The van der Waals surface area contributed by atoms with Gasteiger partial charge in [0.1, 0.15) is 0 Å². The van der Waals surface area contributed by atoms with Crippen LogP contribution in [0.3, 0.4) is 0 Å². The minimum absolute atomic E-state index is 0.832. The molecule has 2 atom stereocenters. The monoisotopic (exact) mass is 292 g/mol. The predicted molar refractivity (Wildman–Crippen MR) is 95.7 cm³/mol. The number of rotatable bonds is 5. The third-order valence-corrected chi connectivity index (χ3v) is 6.09. The molecule has 2 aromatic rings. The van der Waals surface area contributed by atoms with E-state index in [1.54, 1.807) is 22.1 Å². The summed E-state index contributed by atoms with van der Waals surface area (Å²) in [4.78, 5) is 0. The Morgan fingerprint density at radius 1 is 0.955 bits per heavy atom. The molecule has 0 heterocycles. The molecule has 2 aliphatic rings. The van der Waals surface area contributed by atoms with E-state index in [0.29, 0.717) is 0 Å². The Morgan fingerprint density at radius 2 is 1.91 bits per heavy atom. The van der Waals surface area contributed by atoms with E-state index in [4.69, 9.17) is 0 Å². The summed E-state index contributed by atoms with van der Waals surface area (Å²) in [5.41, 5.74) is 5.08. The van der Waals surface area contributed by atoms with Gasteiger partial charge in [0.15, 0.2) is 0 Å². The zero-order chi connectivity index (χ0) is 14.9. The standard InChI is InChI=1S/C22H28/c1-2-3-4-5-7-16-10-11-19-13-12-17-8-6-9-18-14-15-20(16)22(19)21(17)18/h6,8-9,14-16,19H,2-5,7,10-13H2,1H3. The first-order valence-corrected chi connectivity index (χ1v) is 9.43. The highest BCUT2D eigenvalue weighted by Crippen LogP contribution is 2.49. The normalized spacial score (nSPS) is 23.0. The second-order valence-electron chi connectivity index (χ2n) is 7.44. The summed E-state index contributed by atoms with van der Waals surface area (Å²) in [6.45, 7) is 2.31. The van der Waals surface area contributed by atoms with Crippen molar-refractivity contribution in [3.05, 3.63) is 47.0 Å². The summed E-state index contributed by atoms with van der Waals surface area (Å²) in [6.07, 6.45) is 12.5. The maximum atomic E-state index is 2.48. The Hall–Kier alpha value is -1.30. The molecule has 116 valence electrons. The number of unbranched alkanes of at least 4 members (excludes halogenated alkanes) is 3. The summed E-state index contributed by atoms with van der Waals surface area (Å²) in [5.74, 6) is 1.68. The zero-order valence-electron chi connectivity index (χ0n) is 13.9. The van der Waals surface area contributed by atoms with Gasteiger partial charge in [0, 0.05) is 0 Å². The summed E-state index contributed by atoms with van der Waals surface area (Å²) in [7, 11) is 0. The largest absolute Gasteiger partial charge is 0.0654 e. The Balaban J connectivity index is 1.70. The van der Waals surface area contributed by atoms with E-state index in [0.717, 1.165) is 11.8 Å². The van der Waals surface area contributed by atoms with Gasteiger partial charge >= 0.3 is 0 Å². The molecule has 0 saturated carbocycles. The van der Waals surface area contributed by atoms with Gasteiger partial charge in [-0.1, -0.05) is 62.9 Å². The SMILES string of the molecule is CCCCCCC1CCC2CCc3cccc4ccc1c2c34. The zero-order valence-corrected chi connectivity index (χ0v) is 13.9. The second-order valence-corrected chi connectivity index (χ2v) is 7.44. The fourth-order valence-electron chi connectivity index (χ4n) is 4.94. The molecule has 0 bridgehead atoms. The van der Waals surface area contributed by atoms with E-state index in [9.17, 15) is 0 Å². The Bertz CT molecular complexity index is 667. The molecule has 2 aromatic carbocycles. The average Bonchev–Trinajstić information content (AvgIpc) is 2.57. The molecule has 2 aliphatic carbocycles. The highest BCUT2D eigenvalue weighted by atomic mass is 14.4. The molecule has 0 aliphatic heterocycles. The van der Waals surface area contributed by atoms with E-state index < -0.39 is 0 Å². The van der Waals surface area contributed by atoms with Gasteiger partial charge in [-0.15, -0.1) is 0 Å². The van der Waals surface area contributed by atoms with Gasteiger partial charge < -0.3 is 0 Å². The van der Waals surface area contributed by atoms with Crippen LogP contribution in [0.15, 0.2) is 30.3 Å². The molecule has 0 amide bonds. The highest BCUT2D eigenvalue weighted by Gasteiger charge is 2.31. The van der Waals surface area contributed by atoms with Gasteiger partial charge in [-0.25, -0.2) is 0 Å². The maximum absolute atomic E-state index is 2.48. The van der Waals surface area contributed by atoms with Crippen LogP contribution in [0.4, 0.5) is 0 Å². The van der Waals surface area contributed by atoms with E-state index in [2.05, 4.69) is 37.3 Å². The quantitative estimate of drug-likeness (QED) is 0.537. The van der Waals surface area contributed by atoms with Crippen molar-refractivity contribution in [2.24, 2.45) is 0 Å². The van der Waals surface area contributed by atoms with Crippen molar-refractivity contribution in [2.45, 2.75) is 76.5 Å². The van der Waals surface area contributed by atoms with Crippen molar-refractivity contribution in [1.29, 1.82) is 0 Å². The first kappa shape index (κ1) is 14.3. The van der Waals surface area contributed by atoms with Crippen LogP contribution in [0.1, 0.15) is 86.8 Å². The van der Waals surface area contributed by atoms with Crippen LogP contribution in [0.5, 0.6) is 0 Å². The lowest BCUT2D eigenvalue weighted by molar-refractivity contribution is 0.431. The van der Waals surface area contributed by atoms with Crippen molar-refractivity contribution < 1.29 is 0 Å². The van der Waals surface area contributed by atoms with Crippen molar-refractivity contribution in [2.75, 3.05) is 0 Å². The minimum Gasteiger partial charge on any atom is -0.0654 e. The average molecular weight is 292 g/mol. The lowest BCUT2D eigenvalue weighted by Crippen LogP contribution is -2.19. The van der Waals surface area contributed by atoms with Crippen LogP contribution in [0.25, 0.3) is 10.8 Å². The smallest absolute Gasteiger partial charge is 0.0114 e. The molecule has 22 heavy (non-hydrogen) atoms. The fourth-order valence-corrected chi connectivity index (χ4v) is 4.94. The highest BCUT2D eigenvalue weighted by molar-refractivity contribution is 5.91. The summed E-state index contributed by atoms with van der Waals surface area (Å²) < 4.78 is 0. The second kappa shape index (κ2) is 6.07. The van der Waals surface area contributed by atoms with Gasteiger partial charge in [-0.05, 0) is 71.4 Å². The first-order valence-electron chi connectivity index (χ1n) is 9.43. The Labute approximate surface area is 134 Å². The minimum atomic E-state index is 0.832. The first-order chi connectivity index (χ1) is 10.9. The molecule has 0 radical (unpaired) electrons. The molecule has 0 heteroatoms. The van der Waals surface area contributed by atoms with Gasteiger partial charge in [0.05, 0.1) is 0 Å². The molecule has 0 fully saturated rings. The van der Waals surface area contributed by atoms with E-state index in [1.807, 2.05) is 0 Å². The lowest BCUT2D eigenvalue weighted by Gasteiger charge is -2.36. The fraction of sp³-hybridized carbons (Fsp3) is 0.545. The number of hydrogen-bond acceptors (Lipinski definition) is 0. The Morgan fingerprint density at radius 3 is 2.82 bits per heavy atom. The third kappa shape index (κ3) is 2.37. The maximum Gasteiger partial charge on any atom is -0.0114 e. The number of aryl methyl sites for hydroxylation is 1. The van der Waals surface area contributed by atoms with E-state index >= 15 is 0 Å². The molecule has 0 aromatic heterocycles. The molecule has 0 spiro atoms. The lowest BCUT2D eigenvalue weighted by atomic mass is 9.68. The number of hydrogen-bond donors (Lipinski definition) is 0. The molecule has 0 nitrogen and oxygen atoms in total. The van der Waals surface area contributed by atoms with E-state index in [-0.39, 0.29) is 0 Å². The van der Waals surface area contributed by atoms with Crippen molar-refractivity contribution >= 4 is 10.8 Å². The van der Waals surface area contributed by atoms with Crippen molar-refractivity contribution in [1.82, 2.24) is 0 Å². The van der Waals surface area contributed by atoms with Crippen LogP contribution < -0.4 is 0 Å². The van der Waals surface area contributed by atoms with Crippen LogP contribution in [-0.2, 0) is 6.42 Å². The van der Waals surface area contributed by atoms with Gasteiger partial charge in [-0.3, -0.25) is 0 Å². The topological polar surface area (TPSA) is 0 Å². The molecule has 2 unspecified atom stereocenters. The summed E-state index contributed by atoms with van der Waals surface area (Å²) >= 11 is 0. The summed E-state index contributed by atoms with van der Waals surface area (Å²) in [6, 6.07) is 11.8. The Kier molecular flexibility index (Phi) is 3.94. The van der Waals surface area contributed by atoms with Gasteiger partial charge in [0.2, 0.25) is 0 Å². The van der Waals surface area contributed by atoms with E-state index in [1.165, 1.54) is 63.2 Å². The van der Waals surface area contributed by atoms with Crippen LogP contribution in [0.2, 0.25) is 0 Å². The van der Waals surface area contributed by atoms with Crippen LogP contribution in [-0.4, -0.2) is 0 Å².